The summed E-state index contributed by atoms with van der Waals surface area (Å²) < 4.78 is 0. The monoisotopic (exact) mass is 366 g/mol. The van der Waals surface area contributed by atoms with Gasteiger partial charge in [-0.05, 0) is 60.2 Å². The number of carbonyl (C=O) groups is 1. The molecule has 4 heteroatoms. The van der Waals surface area contributed by atoms with Crippen molar-refractivity contribution in [2.24, 2.45) is 0 Å². The quantitative estimate of drug-likeness (QED) is 0.793. The highest BCUT2D eigenvalue weighted by Crippen LogP contribution is 2.41. The Labute approximate surface area is 159 Å². The van der Waals surface area contributed by atoms with Gasteiger partial charge in [0, 0.05) is 43.0 Å². The maximum absolute atomic E-state index is 12.8. The number of amides is 1. The van der Waals surface area contributed by atoms with Crippen LogP contribution in [0.4, 0.5) is 0 Å². The van der Waals surface area contributed by atoms with Gasteiger partial charge in [-0.2, -0.15) is 0 Å². The third-order valence-electron chi connectivity index (χ3n) is 6.26. The predicted octanol–water partition coefficient (Wildman–Crippen LogP) is 4.17. The molecule has 26 heavy (non-hydrogen) atoms. The van der Waals surface area contributed by atoms with Crippen LogP contribution >= 0.6 is 11.3 Å². The van der Waals surface area contributed by atoms with E-state index in [1.54, 1.807) is 0 Å². The van der Waals surface area contributed by atoms with Gasteiger partial charge in [0.25, 0.3) is 0 Å². The number of hydrogen-bond donors (Lipinski definition) is 0. The van der Waals surface area contributed by atoms with Gasteiger partial charge in [-0.25, -0.2) is 0 Å². The van der Waals surface area contributed by atoms with Crippen LogP contribution in [0.2, 0.25) is 0 Å². The van der Waals surface area contributed by atoms with Crippen molar-refractivity contribution in [3.05, 3.63) is 57.3 Å². The lowest BCUT2D eigenvalue weighted by molar-refractivity contribution is -0.132. The Kier molecular flexibility index (Phi) is 4.33. The first-order valence-electron chi connectivity index (χ1n) is 9.96. The zero-order valence-electron chi connectivity index (χ0n) is 15.2. The number of hydrogen-bond acceptors (Lipinski definition) is 3. The lowest BCUT2D eigenvalue weighted by Crippen LogP contribution is -2.38. The minimum Gasteiger partial charge on any atom is -0.338 e. The Hall–Kier alpha value is -1.65. The van der Waals surface area contributed by atoms with E-state index in [0.29, 0.717) is 24.4 Å². The average molecular weight is 367 g/mol. The van der Waals surface area contributed by atoms with E-state index in [9.17, 15) is 4.79 Å². The van der Waals surface area contributed by atoms with Gasteiger partial charge in [0.1, 0.15) is 0 Å². The van der Waals surface area contributed by atoms with E-state index >= 15 is 0 Å². The SMILES string of the molecule is O=C(CCN(C1CC1)C1CCc2ccccc21)N1CCc2sccc2C1. The molecule has 2 aliphatic carbocycles. The van der Waals surface area contributed by atoms with Crippen molar-refractivity contribution < 1.29 is 4.79 Å². The Morgan fingerprint density at radius 3 is 2.88 bits per heavy atom. The van der Waals surface area contributed by atoms with Gasteiger partial charge >= 0.3 is 0 Å². The molecule has 0 saturated heterocycles. The molecule has 1 atom stereocenters. The summed E-state index contributed by atoms with van der Waals surface area (Å²) in [5.41, 5.74) is 4.38. The van der Waals surface area contributed by atoms with Crippen molar-refractivity contribution in [3.8, 4) is 0 Å². The molecule has 1 aromatic carbocycles. The number of thiophene rings is 1. The molecule has 0 spiro atoms. The normalized spacial score (nSPS) is 21.7. The lowest BCUT2D eigenvalue weighted by atomic mass is 10.1. The third kappa shape index (κ3) is 3.10. The molecule has 2 aromatic rings. The van der Waals surface area contributed by atoms with Crippen LogP contribution in [-0.4, -0.2) is 34.8 Å². The molecule has 1 fully saturated rings. The fourth-order valence-electron chi connectivity index (χ4n) is 4.72. The Morgan fingerprint density at radius 2 is 2.00 bits per heavy atom. The van der Waals surface area contributed by atoms with Crippen molar-refractivity contribution >= 4 is 17.2 Å². The smallest absolute Gasteiger partial charge is 0.224 e. The van der Waals surface area contributed by atoms with Crippen molar-refractivity contribution in [2.45, 2.75) is 57.2 Å². The zero-order valence-corrected chi connectivity index (χ0v) is 16.0. The summed E-state index contributed by atoms with van der Waals surface area (Å²) in [5, 5.41) is 2.16. The fraction of sp³-hybridized carbons (Fsp3) is 0.500. The largest absolute Gasteiger partial charge is 0.338 e. The van der Waals surface area contributed by atoms with Gasteiger partial charge in [-0.1, -0.05) is 24.3 Å². The summed E-state index contributed by atoms with van der Waals surface area (Å²) in [7, 11) is 0. The second-order valence-electron chi connectivity index (χ2n) is 7.91. The summed E-state index contributed by atoms with van der Waals surface area (Å²) in [6.45, 7) is 2.62. The number of carbonyl (C=O) groups excluding carboxylic acids is 1. The minimum absolute atomic E-state index is 0.332. The molecule has 136 valence electrons. The zero-order chi connectivity index (χ0) is 17.5. The summed E-state index contributed by atoms with van der Waals surface area (Å²) in [5.74, 6) is 0.332. The molecule has 0 bridgehead atoms. The molecule has 2 heterocycles. The molecule has 1 aliphatic heterocycles. The predicted molar refractivity (Wildman–Crippen MR) is 105 cm³/mol. The van der Waals surface area contributed by atoms with E-state index in [1.165, 1.54) is 47.3 Å². The lowest BCUT2D eigenvalue weighted by Gasteiger charge is -2.32. The first-order chi connectivity index (χ1) is 12.8. The molecule has 1 aromatic heterocycles. The van der Waals surface area contributed by atoms with Gasteiger partial charge in [0.15, 0.2) is 0 Å². The number of aryl methyl sites for hydroxylation is 1. The van der Waals surface area contributed by atoms with Crippen molar-refractivity contribution in [1.82, 2.24) is 9.80 Å². The Bertz CT molecular complexity index is 810. The van der Waals surface area contributed by atoms with Crippen molar-refractivity contribution in [1.29, 1.82) is 0 Å². The van der Waals surface area contributed by atoms with E-state index in [4.69, 9.17) is 0 Å². The molecule has 3 aliphatic rings. The van der Waals surface area contributed by atoms with Gasteiger partial charge in [0.05, 0.1) is 0 Å². The van der Waals surface area contributed by atoms with E-state index < -0.39 is 0 Å². The number of rotatable bonds is 5. The summed E-state index contributed by atoms with van der Waals surface area (Å²) in [6, 6.07) is 12.3. The second kappa shape index (κ2) is 6.82. The molecular formula is C22H26N2OS. The fourth-order valence-corrected chi connectivity index (χ4v) is 5.61. The molecule has 1 saturated carbocycles. The van der Waals surface area contributed by atoms with Crippen LogP contribution in [-0.2, 0) is 24.2 Å². The van der Waals surface area contributed by atoms with Gasteiger partial charge in [0.2, 0.25) is 5.91 Å². The van der Waals surface area contributed by atoms with E-state index in [0.717, 1.165) is 26.1 Å². The summed E-state index contributed by atoms with van der Waals surface area (Å²) >= 11 is 1.83. The molecule has 5 rings (SSSR count). The van der Waals surface area contributed by atoms with E-state index in [-0.39, 0.29) is 0 Å². The van der Waals surface area contributed by atoms with E-state index in [2.05, 4.69) is 45.5 Å². The van der Waals surface area contributed by atoms with E-state index in [1.807, 2.05) is 11.3 Å². The highest BCUT2D eigenvalue weighted by Gasteiger charge is 2.37. The second-order valence-corrected chi connectivity index (χ2v) is 8.91. The van der Waals surface area contributed by atoms with Crippen LogP contribution in [0.25, 0.3) is 0 Å². The highest BCUT2D eigenvalue weighted by molar-refractivity contribution is 7.10. The first-order valence-corrected chi connectivity index (χ1v) is 10.8. The minimum atomic E-state index is 0.332. The highest BCUT2D eigenvalue weighted by atomic mass is 32.1. The summed E-state index contributed by atoms with van der Waals surface area (Å²) in [6.07, 6.45) is 6.69. The number of nitrogens with zero attached hydrogens (tertiary/aromatic N) is 2. The standard InChI is InChI=1S/C22H26N2OS/c25-22(23-12-9-21-17(15-23)11-14-26-21)10-13-24(18-6-7-18)20-8-5-16-3-1-2-4-19(16)20/h1-4,11,14,18,20H,5-10,12-13,15H2. The topological polar surface area (TPSA) is 23.6 Å². The van der Waals surface area contributed by atoms with Gasteiger partial charge in [-0.3, -0.25) is 9.69 Å². The summed E-state index contributed by atoms with van der Waals surface area (Å²) in [4.78, 5) is 19.0. The van der Waals surface area contributed by atoms with Crippen LogP contribution in [0.15, 0.2) is 35.7 Å². The van der Waals surface area contributed by atoms with Crippen LogP contribution in [0, 0.1) is 0 Å². The Balaban J connectivity index is 1.24. The Morgan fingerprint density at radius 1 is 1.12 bits per heavy atom. The maximum Gasteiger partial charge on any atom is 0.224 e. The van der Waals surface area contributed by atoms with Crippen LogP contribution < -0.4 is 0 Å². The third-order valence-corrected chi connectivity index (χ3v) is 7.28. The number of benzene rings is 1. The average Bonchev–Trinajstić information content (AvgIpc) is 3.25. The van der Waals surface area contributed by atoms with Crippen LogP contribution in [0.3, 0.4) is 0 Å². The molecule has 1 unspecified atom stereocenters. The maximum atomic E-state index is 12.8. The molecular weight excluding hydrogens is 340 g/mol. The number of fused-ring (bicyclic) bond motifs is 2. The molecule has 0 N–H and O–H groups in total. The van der Waals surface area contributed by atoms with Crippen LogP contribution in [0.5, 0.6) is 0 Å². The molecule has 0 radical (unpaired) electrons. The van der Waals surface area contributed by atoms with Gasteiger partial charge in [-0.15, -0.1) is 11.3 Å². The van der Waals surface area contributed by atoms with Crippen molar-refractivity contribution in [3.63, 3.8) is 0 Å². The molecule has 1 amide bonds. The molecule has 3 nitrogen and oxygen atoms in total. The van der Waals surface area contributed by atoms with Crippen molar-refractivity contribution in [2.75, 3.05) is 13.1 Å². The van der Waals surface area contributed by atoms with Crippen LogP contribution in [0.1, 0.15) is 53.3 Å². The first kappa shape index (κ1) is 16.5. The van der Waals surface area contributed by atoms with Gasteiger partial charge < -0.3 is 4.90 Å².